The van der Waals surface area contributed by atoms with Gasteiger partial charge in [-0.2, -0.15) is 13.2 Å². The standard InChI is InChI=1S/C73H55F3N6O9/c1-41-13-11-15-51(33-41)80-65(78-58-37-45(22-28-54(58)71(80)87)49-35-47(68(84)62(39-49)90-5)25-31-64-77-57-18-9-7-16-53(57)70(86)81(64)52-27-21-42(2)43(3)34-52)32-26-48-36-50(40-63(91-6)69(48)85)46-23-29-55-59(38-46)79-66(30-24-44-14-12-20-61(89-4)67(44)83)82(72(55)88)60-19-10-8-17-56(60)73(74,75)76/h7-40,83-85H,1-6H3/b30-24+,31-25+,32-26+. The number of aryl methyl sites for hydroxylation is 3. The van der Waals surface area contributed by atoms with Crippen LogP contribution in [0.25, 0.3) is 108 Å². The number of phenolic OH excluding ortho intramolecular Hbond substituents is 3. The van der Waals surface area contributed by atoms with Gasteiger partial charge in [0.2, 0.25) is 0 Å². The summed E-state index contributed by atoms with van der Waals surface area (Å²) in [4.78, 5) is 58.4. The van der Waals surface area contributed by atoms with E-state index in [0.717, 1.165) is 27.3 Å². The molecule has 0 bridgehead atoms. The number of benzene rings is 9. The number of hydrogen-bond donors (Lipinski definition) is 3. The minimum absolute atomic E-state index is 0.00858. The largest absolute Gasteiger partial charge is 0.504 e. The molecule has 0 atom stereocenters. The van der Waals surface area contributed by atoms with Crippen molar-refractivity contribution >= 4 is 69.2 Å². The van der Waals surface area contributed by atoms with Crippen molar-refractivity contribution in [3.63, 3.8) is 0 Å². The molecule has 91 heavy (non-hydrogen) atoms. The second kappa shape index (κ2) is 24.1. The number of methoxy groups -OCH3 is 3. The van der Waals surface area contributed by atoms with Crippen LogP contribution < -0.4 is 30.9 Å². The zero-order valence-corrected chi connectivity index (χ0v) is 49.7. The summed E-state index contributed by atoms with van der Waals surface area (Å²) >= 11 is 0. The van der Waals surface area contributed by atoms with E-state index in [-0.39, 0.29) is 79.1 Å². The highest BCUT2D eigenvalue weighted by Crippen LogP contribution is 2.41. The Balaban J connectivity index is 0.955. The number of nitrogens with zero attached hydrogens (tertiary/aromatic N) is 6. The quantitative estimate of drug-likeness (QED) is 0.0934. The van der Waals surface area contributed by atoms with Crippen LogP contribution in [-0.4, -0.2) is 65.3 Å². The normalized spacial score (nSPS) is 11.9. The van der Waals surface area contributed by atoms with Gasteiger partial charge in [0.1, 0.15) is 17.5 Å². The molecule has 0 radical (unpaired) electrons. The fourth-order valence-corrected chi connectivity index (χ4v) is 11.0. The number of aromatic hydroxyl groups is 3. The van der Waals surface area contributed by atoms with E-state index in [4.69, 9.17) is 29.2 Å². The third-order valence-electron chi connectivity index (χ3n) is 15.9. The van der Waals surface area contributed by atoms with Gasteiger partial charge in [-0.3, -0.25) is 28.1 Å². The molecule has 18 heteroatoms. The van der Waals surface area contributed by atoms with Crippen LogP contribution in [0.1, 0.15) is 56.4 Å². The fraction of sp³-hybridized carbons (Fsp3) is 0.0959. The smallest absolute Gasteiger partial charge is 0.418 e. The lowest BCUT2D eigenvalue weighted by atomic mass is 9.99. The van der Waals surface area contributed by atoms with Crippen LogP contribution >= 0.6 is 0 Å². The first-order chi connectivity index (χ1) is 43.8. The van der Waals surface area contributed by atoms with Crippen LogP contribution in [0, 0.1) is 20.8 Å². The van der Waals surface area contributed by atoms with Crippen molar-refractivity contribution in [3.05, 3.63) is 257 Å². The van der Waals surface area contributed by atoms with Crippen molar-refractivity contribution in [1.82, 2.24) is 28.7 Å². The minimum atomic E-state index is -4.84. The third-order valence-corrected chi connectivity index (χ3v) is 15.9. The predicted octanol–water partition coefficient (Wildman–Crippen LogP) is 14.7. The summed E-state index contributed by atoms with van der Waals surface area (Å²) in [7, 11) is 4.19. The van der Waals surface area contributed by atoms with Crippen LogP contribution in [0.15, 0.2) is 184 Å². The van der Waals surface area contributed by atoms with E-state index in [1.165, 1.54) is 72.9 Å². The maximum Gasteiger partial charge on any atom is 0.418 e. The number of rotatable bonds is 14. The first kappa shape index (κ1) is 59.5. The summed E-state index contributed by atoms with van der Waals surface area (Å²) < 4.78 is 64.3. The van der Waals surface area contributed by atoms with Crippen LogP contribution in [0.5, 0.6) is 34.5 Å². The van der Waals surface area contributed by atoms with Crippen molar-refractivity contribution in [2.24, 2.45) is 0 Å². The summed E-state index contributed by atoms with van der Waals surface area (Å²) in [6.07, 6.45) is 4.38. The molecule has 0 aliphatic heterocycles. The van der Waals surface area contributed by atoms with Crippen molar-refractivity contribution in [3.8, 4) is 73.8 Å². The average molecular weight is 1220 g/mol. The van der Waals surface area contributed by atoms with E-state index < -0.39 is 28.5 Å². The molecule has 0 saturated carbocycles. The second-order valence-corrected chi connectivity index (χ2v) is 21.6. The summed E-state index contributed by atoms with van der Waals surface area (Å²) in [5.74, 6) is -0.000616. The lowest BCUT2D eigenvalue weighted by Crippen LogP contribution is -2.25. The van der Waals surface area contributed by atoms with Gasteiger partial charge in [-0.1, -0.05) is 66.7 Å². The highest BCUT2D eigenvalue weighted by atomic mass is 19.4. The van der Waals surface area contributed by atoms with E-state index in [2.05, 4.69) is 0 Å². The average Bonchev–Trinajstić information content (AvgIpc) is 0.819. The van der Waals surface area contributed by atoms with Crippen molar-refractivity contribution in [2.45, 2.75) is 26.9 Å². The molecule has 3 aromatic heterocycles. The first-order valence-electron chi connectivity index (χ1n) is 28.5. The molecular formula is C73H55F3N6O9. The maximum atomic E-state index is 14.9. The summed E-state index contributed by atoms with van der Waals surface area (Å²) in [6.45, 7) is 5.86. The highest BCUT2D eigenvalue weighted by Gasteiger charge is 2.35. The van der Waals surface area contributed by atoms with E-state index in [9.17, 15) is 42.9 Å². The highest BCUT2D eigenvalue weighted by molar-refractivity contribution is 5.90. The zero-order valence-electron chi connectivity index (χ0n) is 49.7. The van der Waals surface area contributed by atoms with Crippen LogP contribution in [0.2, 0.25) is 0 Å². The first-order valence-corrected chi connectivity index (χ1v) is 28.5. The molecule has 12 aromatic rings. The van der Waals surface area contributed by atoms with Crippen LogP contribution in [0.3, 0.4) is 0 Å². The van der Waals surface area contributed by atoms with Crippen molar-refractivity contribution in [1.29, 1.82) is 0 Å². The number of fused-ring (bicyclic) bond motifs is 3. The van der Waals surface area contributed by atoms with E-state index in [1.807, 2.05) is 63.2 Å². The Morgan fingerprint density at radius 2 is 0.890 bits per heavy atom. The zero-order chi connectivity index (χ0) is 64.0. The third kappa shape index (κ3) is 11.3. The molecule has 15 nitrogen and oxygen atoms in total. The molecular weight excluding hydrogens is 1160 g/mol. The van der Waals surface area contributed by atoms with E-state index >= 15 is 0 Å². The number of ether oxygens (including phenoxy) is 3. The van der Waals surface area contributed by atoms with Gasteiger partial charge in [0.25, 0.3) is 16.7 Å². The van der Waals surface area contributed by atoms with Crippen LogP contribution in [0.4, 0.5) is 13.2 Å². The maximum absolute atomic E-state index is 14.9. The molecule has 0 fully saturated rings. The number of halogens is 3. The SMILES string of the molecule is COc1cccc(/C=C/c2nc3cc(-c4cc(/C=C/c5nc6cc(-c7cc(/C=C/c8nc9ccccc9c(=O)n8-c8ccc(C)c(C)c8)c(O)c(OC)c7)ccc6c(=O)n5-c5cccc(C)c5)c(O)c(OC)c4)ccc3c(=O)n2-c2ccccc2C(F)(F)F)c1O. The Bertz CT molecular complexity index is 5240. The van der Waals surface area contributed by atoms with Gasteiger partial charge >= 0.3 is 6.18 Å². The Morgan fingerprint density at radius 3 is 1.45 bits per heavy atom. The lowest BCUT2D eigenvalue weighted by molar-refractivity contribution is -0.137. The topological polar surface area (TPSA) is 193 Å². The molecule has 12 rings (SSSR count). The van der Waals surface area contributed by atoms with E-state index in [0.29, 0.717) is 61.4 Å². The summed E-state index contributed by atoms with van der Waals surface area (Å²) in [5.41, 5.74) is 4.92. The Kier molecular flexibility index (Phi) is 15.7. The van der Waals surface area contributed by atoms with Gasteiger partial charge < -0.3 is 29.5 Å². The molecule has 3 heterocycles. The van der Waals surface area contributed by atoms with E-state index in [1.54, 1.807) is 115 Å². The summed E-state index contributed by atoms with van der Waals surface area (Å²) in [5, 5.41) is 35.0. The molecule has 0 aliphatic carbocycles. The molecule has 9 aromatic carbocycles. The number of aromatic nitrogens is 6. The van der Waals surface area contributed by atoms with Gasteiger partial charge in [0.05, 0.1) is 76.7 Å². The molecule has 0 unspecified atom stereocenters. The number of hydrogen-bond acceptors (Lipinski definition) is 12. The van der Waals surface area contributed by atoms with Gasteiger partial charge in [0.15, 0.2) is 34.5 Å². The Labute approximate surface area is 517 Å². The van der Waals surface area contributed by atoms with Gasteiger partial charge in [-0.05, 0) is 199 Å². The number of alkyl halides is 3. The fourth-order valence-electron chi connectivity index (χ4n) is 11.0. The molecule has 3 N–H and O–H groups in total. The number of phenols is 3. The Morgan fingerprint density at radius 1 is 0.407 bits per heavy atom. The molecule has 0 amide bonds. The predicted molar refractivity (Wildman–Crippen MR) is 350 cm³/mol. The van der Waals surface area contributed by atoms with Gasteiger partial charge in [0, 0.05) is 16.7 Å². The van der Waals surface area contributed by atoms with Gasteiger partial charge in [-0.25, -0.2) is 15.0 Å². The summed E-state index contributed by atoms with van der Waals surface area (Å²) in [6, 6.07) is 46.0. The molecule has 0 spiro atoms. The second-order valence-electron chi connectivity index (χ2n) is 21.6. The minimum Gasteiger partial charge on any atom is -0.504 e. The van der Waals surface area contributed by atoms with Crippen molar-refractivity contribution in [2.75, 3.05) is 21.3 Å². The van der Waals surface area contributed by atoms with Crippen LogP contribution in [-0.2, 0) is 6.18 Å². The molecule has 452 valence electrons. The molecule has 0 aliphatic rings. The Hall–Kier alpha value is -11.8. The molecule has 0 saturated heterocycles. The van der Waals surface area contributed by atoms with Gasteiger partial charge in [-0.15, -0.1) is 0 Å². The monoisotopic (exact) mass is 1220 g/mol. The number of para-hydroxylation sites is 3. The lowest BCUT2D eigenvalue weighted by Gasteiger charge is -2.17. The van der Waals surface area contributed by atoms with Crippen molar-refractivity contribution < 1.29 is 42.7 Å².